The average Bonchev–Trinajstić information content (AvgIpc) is 3.27. The summed E-state index contributed by atoms with van der Waals surface area (Å²) in [6, 6.07) is 4.82. The Balaban J connectivity index is 1.52. The Morgan fingerprint density at radius 2 is 2.04 bits per heavy atom. The Labute approximate surface area is 156 Å². The third kappa shape index (κ3) is 2.34. The number of rotatable bonds is 4. The third-order valence-corrected chi connectivity index (χ3v) is 5.70. The summed E-state index contributed by atoms with van der Waals surface area (Å²) in [4.78, 5) is 13.7. The van der Waals surface area contributed by atoms with Crippen molar-refractivity contribution in [3.63, 3.8) is 0 Å². The highest BCUT2D eigenvalue weighted by Crippen LogP contribution is 2.39. The van der Waals surface area contributed by atoms with Crippen LogP contribution in [0.4, 0.5) is 0 Å². The number of nitrogens with zero attached hydrogens (tertiary/aromatic N) is 6. The molecule has 0 N–H and O–H groups in total. The van der Waals surface area contributed by atoms with E-state index in [4.69, 9.17) is 4.74 Å². The van der Waals surface area contributed by atoms with Crippen LogP contribution >= 0.6 is 0 Å². The van der Waals surface area contributed by atoms with Crippen LogP contribution in [0.3, 0.4) is 0 Å². The van der Waals surface area contributed by atoms with E-state index in [-0.39, 0.29) is 6.10 Å². The van der Waals surface area contributed by atoms with Gasteiger partial charge in [0.15, 0.2) is 5.65 Å². The summed E-state index contributed by atoms with van der Waals surface area (Å²) in [6.45, 7) is 2.06. The number of aryl methyl sites for hydroxylation is 1. The molecular formula is C20H20N6O. The third-order valence-electron chi connectivity index (χ3n) is 5.70. The van der Waals surface area contributed by atoms with E-state index in [2.05, 4.69) is 43.7 Å². The van der Waals surface area contributed by atoms with Crippen LogP contribution in [0.1, 0.15) is 44.0 Å². The zero-order chi connectivity index (χ0) is 18.0. The summed E-state index contributed by atoms with van der Waals surface area (Å²) >= 11 is 0. The van der Waals surface area contributed by atoms with Gasteiger partial charge in [0.2, 0.25) is 5.88 Å². The van der Waals surface area contributed by atoms with E-state index in [9.17, 15) is 0 Å². The first-order valence-corrected chi connectivity index (χ1v) is 9.62. The molecule has 4 heterocycles. The Morgan fingerprint density at radius 3 is 2.81 bits per heavy atom. The van der Waals surface area contributed by atoms with Gasteiger partial charge in [-0.1, -0.05) is 0 Å². The monoisotopic (exact) mass is 360 g/mol. The van der Waals surface area contributed by atoms with E-state index in [1.54, 1.807) is 6.33 Å². The Morgan fingerprint density at radius 1 is 1.15 bits per heavy atom. The second-order valence-electron chi connectivity index (χ2n) is 7.59. The summed E-state index contributed by atoms with van der Waals surface area (Å²) in [5.74, 6) is 1.69. The van der Waals surface area contributed by atoms with Crippen molar-refractivity contribution in [1.82, 2.24) is 29.1 Å². The Hall–Kier alpha value is -2.96. The van der Waals surface area contributed by atoms with Crippen molar-refractivity contribution in [1.29, 1.82) is 0 Å². The molecule has 4 aromatic heterocycles. The molecule has 2 aliphatic rings. The van der Waals surface area contributed by atoms with Crippen LogP contribution in [0.2, 0.25) is 0 Å². The van der Waals surface area contributed by atoms with Crippen molar-refractivity contribution >= 4 is 16.7 Å². The second kappa shape index (κ2) is 5.52. The fourth-order valence-electron chi connectivity index (χ4n) is 3.92. The van der Waals surface area contributed by atoms with Crippen LogP contribution < -0.4 is 4.74 Å². The molecule has 2 aliphatic carbocycles. The lowest BCUT2D eigenvalue weighted by atomic mass is 9.96. The Bertz CT molecular complexity index is 1170. The fourth-order valence-corrected chi connectivity index (χ4v) is 3.92. The molecule has 0 bridgehead atoms. The van der Waals surface area contributed by atoms with Crippen LogP contribution in [-0.4, -0.2) is 35.2 Å². The number of pyridine rings is 1. The summed E-state index contributed by atoms with van der Waals surface area (Å²) in [6.07, 6.45) is 11.5. The molecule has 6 rings (SSSR count). The molecule has 0 unspecified atom stereocenters. The smallest absolute Gasteiger partial charge is 0.242 e. The molecule has 27 heavy (non-hydrogen) atoms. The molecule has 0 aliphatic heterocycles. The number of fused-ring (bicyclic) bond motifs is 2. The minimum atomic E-state index is 0.269. The van der Waals surface area contributed by atoms with Gasteiger partial charge in [-0.2, -0.15) is 10.1 Å². The SMILES string of the molecule is Cc1nc2ncc(-c3ccn4ncnc(OC5CCC5)c34)cc2n1C1CC1. The lowest BCUT2D eigenvalue weighted by Gasteiger charge is -2.26. The standard InChI is InChI=1S/C20H20N6O/c1-12-24-19-17(26(12)14-5-6-14)9-13(10-21-19)16-7-8-25-18(16)20(22-11-23-25)27-15-3-2-4-15/h7-11,14-15H,2-6H2,1H3. The van der Waals surface area contributed by atoms with Crippen LogP contribution in [-0.2, 0) is 0 Å². The van der Waals surface area contributed by atoms with Crippen molar-refractivity contribution in [2.45, 2.75) is 51.2 Å². The molecule has 2 saturated carbocycles. The van der Waals surface area contributed by atoms with E-state index in [1.807, 2.05) is 16.9 Å². The molecule has 0 saturated heterocycles. The Kier molecular flexibility index (Phi) is 3.09. The van der Waals surface area contributed by atoms with Gasteiger partial charge in [-0.25, -0.2) is 14.5 Å². The van der Waals surface area contributed by atoms with Crippen molar-refractivity contribution in [2.75, 3.05) is 0 Å². The zero-order valence-electron chi connectivity index (χ0n) is 15.2. The highest BCUT2D eigenvalue weighted by atomic mass is 16.5. The first kappa shape index (κ1) is 15.1. The maximum atomic E-state index is 6.14. The van der Waals surface area contributed by atoms with E-state index < -0.39 is 0 Å². The summed E-state index contributed by atoms with van der Waals surface area (Å²) in [5, 5.41) is 4.35. The molecule has 0 atom stereocenters. The van der Waals surface area contributed by atoms with Crippen LogP contribution in [0.5, 0.6) is 5.88 Å². The van der Waals surface area contributed by atoms with Gasteiger partial charge in [0, 0.05) is 29.6 Å². The van der Waals surface area contributed by atoms with Crippen molar-refractivity contribution in [3.05, 3.63) is 36.7 Å². The molecule has 0 amide bonds. The number of aromatic nitrogens is 6. The summed E-state index contributed by atoms with van der Waals surface area (Å²) in [7, 11) is 0. The topological polar surface area (TPSA) is 70.1 Å². The first-order chi connectivity index (χ1) is 13.3. The van der Waals surface area contributed by atoms with E-state index in [0.29, 0.717) is 11.9 Å². The predicted molar refractivity (Wildman–Crippen MR) is 101 cm³/mol. The zero-order valence-corrected chi connectivity index (χ0v) is 15.2. The summed E-state index contributed by atoms with van der Waals surface area (Å²) in [5.41, 5.74) is 4.90. The highest BCUT2D eigenvalue weighted by Gasteiger charge is 2.28. The summed E-state index contributed by atoms with van der Waals surface area (Å²) < 4.78 is 10.3. The van der Waals surface area contributed by atoms with Gasteiger partial charge < -0.3 is 9.30 Å². The maximum absolute atomic E-state index is 6.14. The molecule has 2 fully saturated rings. The molecule has 7 heteroatoms. The fraction of sp³-hybridized carbons (Fsp3) is 0.400. The van der Waals surface area contributed by atoms with Gasteiger partial charge in [0.1, 0.15) is 23.8 Å². The van der Waals surface area contributed by atoms with Gasteiger partial charge in [0.05, 0.1) is 5.52 Å². The van der Waals surface area contributed by atoms with Gasteiger partial charge in [-0.3, -0.25) is 0 Å². The van der Waals surface area contributed by atoms with Crippen LogP contribution in [0.25, 0.3) is 27.8 Å². The largest absolute Gasteiger partial charge is 0.473 e. The maximum Gasteiger partial charge on any atom is 0.242 e. The number of ether oxygens (including phenoxy) is 1. The van der Waals surface area contributed by atoms with E-state index >= 15 is 0 Å². The molecule has 0 aromatic carbocycles. The average molecular weight is 360 g/mol. The number of hydrogen-bond acceptors (Lipinski definition) is 5. The van der Waals surface area contributed by atoms with Crippen molar-refractivity contribution in [3.8, 4) is 17.0 Å². The molecule has 7 nitrogen and oxygen atoms in total. The minimum absolute atomic E-state index is 0.269. The second-order valence-corrected chi connectivity index (χ2v) is 7.59. The van der Waals surface area contributed by atoms with Crippen molar-refractivity contribution in [2.24, 2.45) is 0 Å². The first-order valence-electron chi connectivity index (χ1n) is 9.62. The number of hydrogen-bond donors (Lipinski definition) is 0. The van der Waals surface area contributed by atoms with Gasteiger partial charge in [-0.05, 0) is 51.2 Å². The number of imidazole rings is 1. The molecule has 4 aromatic rings. The van der Waals surface area contributed by atoms with E-state index in [0.717, 1.165) is 46.5 Å². The van der Waals surface area contributed by atoms with Gasteiger partial charge >= 0.3 is 0 Å². The van der Waals surface area contributed by atoms with Gasteiger partial charge in [-0.15, -0.1) is 0 Å². The normalized spacial score (nSPS) is 17.5. The lowest BCUT2D eigenvalue weighted by Crippen LogP contribution is -2.25. The lowest BCUT2D eigenvalue weighted by molar-refractivity contribution is 0.116. The predicted octanol–water partition coefficient (Wildman–Crippen LogP) is 3.72. The van der Waals surface area contributed by atoms with E-state index in [1.165, 1.54) is 19.3 Å². The molecule has 0 spiro atoms. The van der Waals surface area contributed by atoms with Crippen molar-refractivity contribution < 1.29 is 4.74 Å². The van der Waals surface area contributed by atoms with Gasteiger partial charge in [0.25, 0.3) is 0 Å². The van der Waals surface area contributed by atoms with Crippen LogP contribution in [0, 0.1) is 6.92 Å². The molecule has 0 radical (unpaired) electrons. The molecule has 136 valence electrons. The minimum Gasteiger partial charge on any atom is -0.473 e. The quantitative estimate of drug-likeness (QED) is 0.555. The highest BCUT2D eigenvalue weighted by molar-refractivity contribution is 5.88. The molecular weight excluding hydrogens is 340 g/mol. The van der Waals surface area contributed by atoms with Crippen LogP contribution in [0.15, 0.2) is 30.9 Å².